The monoisotopic (exact) mass is 230 g/mol. The van der Waals surface area contributed by atoms with Crippen molar-refractivity contribution in [3.63, 3.8) is 0 Å². The predicted octanol–water partition coefficient (Wildman–Crippen LogP) is 2.85. The fraction of sp³-hybridized carbons (Fsp3) is 0.231. The highest BCUT2D eigenvalue weighted by molar-refractivity contribution is 6.03. The van der Waals surface area contributed by atoms with Crippen LogP contribution in [0, 0.1) is 20.8 Å². The minimum atomic E-state index is -0.273. The van der Waals surface area contributed by atoms with E-state index in [1.54, 1.807) is 6.92 Å². The molecule has 1 amide bonds. The Kier molecular flexibility index (Phi) is 2.95. The van der Waals surface area contributed by atoms with Gasteiger partial charge in [-0.2, -0.15) is 0 Å². The summed E-state index contributed by atoms with van der Waals surface area (Å²) >= 11 is 0. The number of hydrogen-bond acceptors (Lipinski definition) is 3. The molecule has 17 heavy (non-hydrogen) atoms. The number of carbonyl (C=O) groups is 1. The van der Waals surface area contributed by atoms with Crippen molar-refractivity contribution in [1.82, 2.24) is 5.16 Å². The molecule has 0 atom stereocenters. The summed E-state index contributed by atoms with van der Waals surface area (Å²) in [6.45, 7) is 5.76. The number of rotatable bonds is 2. The lowest BCUT2D eigenvalue weighted by Gasteiger charge is -2.06. The van der Waals surface area contributed by atoms with E-state index < -0.39 is 0 Å². The van der Waals surface area contributed by atoms with Crippen molar-refractivity contribution in [3.05, 3.63) is 46.8 Å². The van der Waals surface area contributed by atoms with Gasteiger partial charge in [-0.15, -0.1) is 0 Å². The zero-order chi connectivity index (χ0) is 12.4. The van der Waals surface area contributed by atoms with E-state index in [1.807, 2.05) is 26.0 Å². The highest BCUT2D eigenvalue weighted by Crippen LogP contribution is 2.15. The number of carbonyl (C=O) groups excluding carboxylic acids is 1. The van der Waals surface area contributed by atoms with Crippen molar-refractivity contribution >= 4 is 11.6 Å². The third-order valence-corrected chi connectivity index (χ3v) is 2.43. The molecule has 1 aromatic heterocycles. The number of hydrogen-bond donors (Lipinski definition) is 1. The maximum atomic E-state index is 11.9. The summed E-state index contributed by atoms with van der Waals surface area (Å²) in [6, 6.07) is 5.88. The van der Waals surface area contributed by atoms with Crippen LogP contribution in [0.4, 0.5) is 5.69 Å². The molecule has 4 nitrogen and oxygen atoms in total. The van der Waals surface area contributed by atoms with Crippen molar-refractivity contribution in [3.8, 4) is 0 Å². The van der Waals surface area contributed by atoms with Gasteiger partial charge in [-0.05, 0) is 44.0 Å². The van der Waals surface area contributed by atoms with Gasteiger partial charge in [0.2, 0.25) is 5.76 Å². The number of aromatic nitrogens is 1. The topological polar surface area (TPSA) is 55.1 Å². The van der Waals surface area contributed by atoms with Crippen LogP contribution in [0.1, 0.15) is 27.2 Å². The second-order valence-electron chi connectivity index (χ2n) is 4.17. The van der Waals surface area contributed by atoms with Crippen LogP contribution >= 0.6 is 0 Å². The molecule has 0 fully saturated rings. The second-order valence-corrected chi connectivity index (χ2v) is 4.17. The van der Waals surface area contributed by atoms with Gasteiger partial charge in [0.05, 0.1) is 6.20 Å². The van der Waals surface area contributed by atoms with Gasteiger partial charge in [0.25, 0.3) is 5.91 Å². The average Bonchev–Trinajstić information content (AvgIpc) is 2.62. The highest BCUT2D eigenvalue weighted by atomic mass is 16.5. The highest BCUT2D eigenvalue weighted by Gasteiger charge is 2.14. The summed E-state index contributed by atoms with van der Waals surface area (Å²) in [7, 11) is 0. The van der Waals surface area contributed by atoms with Gasteiger partial charge in [0, 0.05) is 11.3 Å². The summed E-state index contributed by atoms with van der Waals surface area (Å²) in [5.41, 5.74) is 3.71. The quantitative estimate of drug-likeness (QED) is 0.863. The maximum absolute atomic E-state index is 11.9. The number of benzene rings is 1. The Hall–Kier alpha value is -2.10. The molecule has 2 rings (SSSR count). The average molecular weight is 230 g/mol. The Bertz CT molecular complexity index is 538. The van der Waals surface area contributed by atoms with Crippen molar-refractivity contribution in [2.24, 2.45) is 0 Å². The van der Waals surface area contributed by atoms with E-state index in [0.29, 0.717) is 0 Å². The van der Waals surface area contributed by atoms with E-state index in [4.69, 9.17) is 4.52 Å². The third-order valence-electron chi connectivity index (χ3n) is 2.43. The lowest BCUT2D eigenvalue weighted by molar-refractivity contribution is 0.0987. The Labute approximate surface area is 99.6 Å². The van der Waals surface area contributed by atoms with Crippen LogP contribution in [0.2, 0.25) is 0 Å². The Morgan fingerprint density at radius 3 is 2.35 bits per heavy atom. The molecule has 1 aromatic carbocycles. The smallest absolute Gasteiger partial charge is 0.294 e. The van der Waals surface area contributed by atoms with Gasteiger partial charge in [-0.3, -0.25) is 4.79 Å². The zero-order valence-corrected chi connectivity index (χ0v) is 10.1. The molecule has 0 bridgehead atoms. The molecule has 1 N–H and O–H groups in total. The Balaban J connectivity index is 2.21. The van der Waals surface area contributed by atoms with Gasteiger partial charge in [-0.1, -0.05) is 11.2 Å². The molecule has 0 aliphatic heterocycles. The van der Waals surface area contributed by atoms with E-state index in [1.165, 1.54) is 6.20 Å². The summed E-state index contributed by atoms with van der Waals surface area (Å²) in [5.74, 6) is -0.0193. The lowest BCUT2D eigenvalue weighted by Crippen LogP contribution is -2.12. The fourth-order valence-electron chi connectivity index (χ4n) is 1.74. The van der Waals surface area contributed by atoms with Crippen molar-refractivity contribution in [1.29, 1.82) is 0 Å². The molecule has 4 heteroatoms. The number of nitrogens with zero attached hydrogens (tertiary/aromatic N) is 1. The molecule has 88 valence electrons. The first-order valence-corrected chi connectivity index (χ1v) is 5.37. The molecule has 0 saturated carbocycles. The van der Waals surface area contributed by atoms with Crippen molar-refractivity contribution < 1.29 is 9.32 Å². The van der Waals surface area contributed by atoms with Crippen LogP contribution in [0.5, 0.6) is 0 Å². The van der Waals surface area contributed by atoms with Crippen LogP contribution in [-0.2, 0) is 0 Å². The third kappa shape index (κ3) is 2.53. The predicted molar refractivity (Wildman–Crippen MR) is 65.1 cm³/mol. The van der Waals surface area contributed by atoms with Crippen LogP contribution in [0.15, 0.2) is 28.9 Å². The number of amides is 1. The molecule has 0 aliphatic carbocycles. The summed E-state index contributed by atoms with van der Waals surface area (Å²) in [5, 5.41) is 6.38. The minimum absolute atomic E-state index is 0.254. The SMILES string of the molecule is Cc1cc(C)cc(NC(=O)c2oncc2C)c1. The van der Waals surface area contributed by atoms with Gasteiger partial charge in [0.15, 0.2) is 0 Å². The summed E-state index contributed by atoms with van der Waals surface area (Å²) in [6.07, 6.45) is 1.52. The van der Waals surface area contributed by atoms with Gasteiger partial charge in [-0.25, -0.2) is 0 Å². The number of anilines is 1. The molecule has 0 radical (unpaired) electrons. The van der Waals surface area contributed by atoms with E-state index in [2.05, 4.69) is 16.5 Å². The fourth-order valence-corrected chi connectivity index (χ4v) is 1.74. The molecule has 0 unspecified atom stereocenters. The van der Waals surface area contributed by atoms with Crippen LogP contribution in [0.3, 0.4) is 0 Å². The molecular weight excluding hydrogens is 216 g/mol. The maximum Gasteiger partial charge on any atom is 0.294 e. The normalized spacial score (nSPS) is 10.3. The van der Waals surface area contributed by atoms with E-state index in [0.717, 1.165) is 22.4 Å². The largest absolute Gasteiger partial charge is 0.351 e. The van der Waals surface area contributed by atoms with Crippen molar-refractivity contribution in [2.45, 2.75) is 20.8 Å². The number of nitrogens with one attached hydrogen (secondary N) is 1. The van der Waals surface area contributed by atoms with E-state index in [9.17, 15) is 4.79 Å². The summed E-state index contributed by atoms with van der Waals surface area (Å²) < 4.78 is 4.90. The van der Waals surface area contributed by atoms with E-state index in [-0.39, 0.29) is 11.7 Å². The lowest BCUT2D eigenvalue weighted by atomic mass is 10.1. The van der Waals surface area contributed by atoms with Crippen LogP contribution in [0.25, 0.3) is 0 Å². The first-order chi connectivity index (χ1) is 8.06. The molecular formula is C13H14N2O2. The summed E-state index contributed by atoms with van der Waals surface area (Å²) in [4.78, 5) is 11.9. The van der Waals surface area contributed by atoms with Gasteiger partial charge in [0.1, 0.15) is 0 Å². The first kappa shape index (κ1) is 11.4. The van der Waals surface area contributed by atoms with Crippen LogP contribution in [-0.4, -0.2) is 11.1 Å². The molecule has 2 aromatic rings. The first-order valence-electron chi connectivity index (χ1n) is 5.37. The molecule has 0 aliphatic rings. The molecule has 1 heterocycles. The van der Waals surface area contributed by atoms with Crippen molar-refractivity contribution in [2.75, 3.05) is 5.32 Å². The second kappa shape index (κ2) is 4.41. The standard InChI is InChI=1S/C13H14N2O2/c1-8-4-9(2)6-11(5-8)15-13(16)12-10(3)7-14-17-12/h4-7H,1-3H3,(H,15,16). The van der Waals surface area contributed by atoms with Crippen LogP contribution < -0.4 is 5.32 Å². The molecule has 0 spiro atoms. The van der Waals surface area contributed by atoms with E-state index >= 15 is 0 Å². The minimum Gasteiger partial charge on any atom is -0.351 e. The Morgan fingerprint density at radius 2 is 1.82 bits per heavy atom. The number of aryl methyl sites for hydroxylation is 3. The zero-order valence-electron chi connectivity index (χ0n) is 10.1. The Morgan fingerprint density at radius 1 is 1.18 bits per heavy atom. The van der Waals surface area contributed by atoms with Gasteiger partial charge >= 0.3 is 0 Å². The molecule has 0 saturated heterocycles. The van der Waals surface area contributed by atoms with Gasteiger partial charge < -0.3 is 9.84 Å².